The Morgan fingerprint density at radius 3 is 2.62 bits per heavy atom. The molecule has 1 saturated heterocycles. The molecule has 1 aliphatic rings. The van der Waals surface area contributed by atoms with Gasteiger partial charge in [-0.1, -0.05) is 13.8 Å². The fraction of sp³-hybridized carbons (Fsp3) is 1.00. The molecular weight excluding hydrogens is 178 g/mol. The van der Waals surface area contributed by atoms with Crippen molar-refractivity contribution in [3.8, 4) is 0 Å². The third-order valence-corrected chi connectivity index (χ3v) is 4.01. The molecule has 1 nitrogen and oxygen atoms in total. The summed E-state index contributed by atoms with van der Waals surface area (Å²) in [7, 11) is 0. The maximum absolute atomic E-state index is 3.42. The van der Waals surface area contributed by atoms with Crippen LogP contribution in [-0.4, -0.2) is 24.6 Å². The smallest absolute Gasteiger partial charge is 0.00444 e. The van der Waals surface area contributed by atoms with Gasteiger partial charge in [-0.2, -0.15) is 11.8 Å². The maximum Gasteiger partial charge on any atom is -0.00444 e. The monoisotopic (exact) mass is 201 g/mol. The first kappa shape index (κ1) is 11.4. The van der Waals surface area contributed by atoms with Gasteiger partial charge in [0.1, 0.15) is 0 Å². The van der Waals surface area contributed by atoms with Crippen molar-refractivity contribution in [1.29, 1.82) is 0 Å². The topological polar surface area (TPSA) is 12.0 Å². The molecule has 0 unspecified atom stereocenters. The van der Waals surface area contributed by atoms with Gasteiger partial charge in [-0.05, 0) is 55.7 Å². The van der Waals surface area contributed by atoms with E-state index in [1.165, 1.54) is 43.9 Å². The van der Waals surface area contributed by atoms with Crippen LogP contribution < -0.4 is 5.32 Å². The average molecular weight is 201 g/mol. The second-order valence-corrected chi connectivity index (χ2v) is 5.60. The highest BCUT2D eigenvalue weighted by atomic mass is 32.2. The van der Waals surface area contributed by atoms with E-state index in [1.54, 1.807) is 0 Å². The molecule has 1 fully saturated rings. The molecule has 0 amide bonds. The minimum Gasteiger partial charge on any atom is -0.317 e. The lowest BCUT2D eigenvalue weighted by molar-refractivity contribution is 0.367. The zero-order valence-electron chi connectivity index (χ0n) is 9.01. The van der Waals surface area contributed by atoms with Crippen molar-refractivity contribution >= 4 is 11.8 Å². The van der Waals surface area contributed by atoms with Crippen molar-refractivity contribution in [2.45, 2.75) is 33.1 Å². The van der Waals surface area contributed by atoms with Crippen LogP contribution in [0.15, 0.2) is 0 Å². The van der Waals surface area contributed by atoms with E-state index in [0.29, 0.717) is 0 Å². The molecule has 0 aliphatic carbocycles. The van der Waals surface area contributed by atoms with E-state index in [1.807, 2.05) is 0 Å². The Morgan fingerprint density at radius 1 is 1.31 bits per heavy atom. The number of nitrogens with one attached hydrogen (secondary N) is 1. The molecule has 13 heavy (non-hydrogen) atoms. The van der Waals surface area contributed by atoms with Gasteiger partial charge in [0.2, 0.25) is 0 Å². The van der Waals surface area contributed by atoms with E-state index in [9.17, 15) is 0 Å². The highest BCUT2D eigenvalue weighted by Crippen LogP contribution is 2.19. The SMILES string of the molecule is CC(C)CSCCC1CCNCC1. The van der Waals surface area contributed by atoms with Gasteiger partial charge in [-0.3, -0.25) is 0 Å². The van der Waals surface area contributed by atoms with Crippen LogP contribution in [-0.2, 0) is 0 Å². The zero-order valence-corrected chi connectivity index (χ0v) is 9.83. The van der Waals surface area contributed by atoms with Crippen molar-refractivity contribution < 1.29 is 0 Å². The summed E-state index contributed by atoms with van der Waals surface area (Å²) in [5, 5.41) is 3.42. The van der Waals surface area contributed by atoms with Crippen LogP contribution in [0.5, 0.6) is 0 Å². The van der Waals surface area contributed by atoms with Crippen LogP contribution >= 0.6 is 11.8 Å². The van der Waals surface area contributed by atoms with E-state index < -0.39 is 0 Å². The molecule has 1 N–H and O–H groups in total. The van der Waals surface area contributed by atoms with Crippen molar-refractivity contribution in [3.05, 3.63) is 0 Å². The Labute approximate surface area is 87.1 Å². The van der Waals surface area contributed by atoms with Crippen molar-refractivity contribution in [2.24, 2.45) is 11.8 Å². The Kier molecular flexibility index (Phi) is 5.88. The number of hydrogen-bond donors (Lipinski definition) is 1. The minimum absolute atomic E-state index is 0.859. The summed E-state index contributed by atoms with van der Waals surface area (Å²) in [4.78, 5) is 0. The summed E-state index contributed by atoms with van der Waals surface area (Å²) in [6, 6.07) is 0. The van der Waals surface area contributed by atoms with Gasteiger partial charge < -0.3 is 5.32 Å². The lowest BCUT2D eigenvalue weighted by Gasteiger charge is -2.22. The van der Waals surface area contributed by atoms with E-state index in [0.717, 1.165) is 11.8 Å². The van der Waals surface area contributed by atoms with Gasteiger partial charge in [-0.15, -0.1) is 0 Å². The minimum atomic E-state index is 0.859. The van der Waals surface area contributed by atoms with Crippen molar-refractivity contribution in [2.75, 3.05) is 24.6 Å². The molecular formula is C11H23NS. The molecule has 0 aromatic rings. The van der Waals surface area contributed by atoms with Gasteiger partial charge in [0.25, 0.3) is 0 Å². The van der Waals surface area contributed by atoms with Gasteiger partial charge >= 0.3 is 0 Å². The molecule has 1 aliphatic heterocycles. The average Bonchev–Trinajstić information content (AvgIpc) is 2.14. The molecule has 0 spiro atoms. The number of piperidine rings is 1. The van der Waals surface area contributed by atoms with Crippen LogP contribution in [0.25, 0.3) is 0 Å². The standard InChI is InChI=1S/C11H23NS/c1-10(2)9-13-8-5-11-3-6-12-7-4-11/h10-12H,3-9H2,1-2H3. The molecule has 2 heteroatoms. The van der Waals surface area contributed by atoms with Crippen LogP contribution in [0.1, 0.15) is 33.1 Å². The molecule has 0 bridgehead atoms. The summed E-state index contributed by atoms with van der Waals surface area (Å²) in [5.74, 6) is 4.59. The number of rotatable bonds is 5. The van der Waals surface area contributed by atoms with Gasteiger partial charge in [0, 0.05) is 0 Å². The number of thioether (sulfide) groups is 1. The fourth-order valence-electron chi connectivity index (χ4n) is 1.74. The van der Waals surface area contributed by atoms with E-state index in [2.05, 4.69) is 30.9 Å². The second-order valence-electron chi connectivity index (χ2n) is 4.45. The summed E-state index contributed by atoms with van der Waals surface area (Å²) < 4.78 is 0. The molecule has 0 saturated carbocycles. The van der Waals surface area contributed by atoms with Gasteiger partial charge in [-0.25, -0.2) is 0 Å². The molecule has 1 heterocycles. The summed E-state index contributed by atoms with van der Waals surface area (Å²) in [6.45, 7) is 7.11. The zero-order chi connectivity index (χ0) is 9.52. The molecule has 78 valence electrons. The third kappa shape index (κ3) is 5.58. The normalized spacial score (nSPS) is 19.6. The van der Waals surface area contributed by atoms with Crippen LogP contribution in [0.2, 0.25) is 0 Å². The largest absolute Gasteiger partial charge is 0.317 e. The summed E-state index contributed by atoms with van der Waals surface area (Å²) >= 11 is 2.13. The van der Waals surface area contributed by atoms with E-state index >= 15 is 0 Å². The van der Waals surface area contributed by atoms with Gasteiger partial charge in [0.05, 0.1) is 0 Å². The predicted molar refractivity (Wildman–Crippen MR) is 62.4 cm³/mol. The van der Waals surface area contributed by atoms with E-state index in [-0.39, 0.29) is 0 Å². The lowest BCUT2D eigenvalue weighted by atomic mass is 9.96. The highest BCUT2D eigenvalue weighted by molar-refractivity contribution is 7.99. The Morgan fingerprint density at radius 2 is 2.00 bits per heavy atom. The van der Waals surface area contributed by atoms with Crippen LogP contribution in [0.4, 0.5) is 0 Å². The van der Waals surface area contributed by atoms with Crippen molar-refractivity contribution in [1.82, 2.24) is 5.32 Å². The van der Waals surface area contributed by atoms with Gasteiger partial charge in [0.15, 0.2) is 0 Å². The lowest BCUT2D eigenvalue weighted by Crippen LogP contribution is -2.27. The highest BCUT2D eigenvalue weighted by Gasteiger charge is 2.11. The Hall–Kier alpha value is 0.310. The first-order valence-corrected chi connectivity index (χ1v) is 6.73. The summed E-state index contributed by atoms with van der Waals surface area (Å²) in [5.41, 5.74) is 0. The van der Waals surface area contributed by atoms with Crippen LogP contribution in [0.3, 0.4) is 0 Å². The summed E-state index contributed by atoms with van der Waals surface area (Å²) in [6.07, 6.45) is 4.25. The first-order chi connectivity index (χ1) is 6.29. The van der Waals surface area contributed by atoms with Crippen LogP contribution in [0, 0.1) is 11.8 Å². The molecule has 0 aromatic heterocycles. The second kappa shape index (κ2) is 6.72. The quantitative estimate of drug-likeness (QED) is 0.687. The Balaban J connectivity index is 1.92. The molecule has 0 aromatic carbocycles. The molecule has 1 rings (SSSR count). The number of hydrogen-bond acceptors (Lipinski definition) is 2. The first-order valence-electron chi connectivity index (χ1n) is 5.57. The van der Waals surface area contributed by atoms with E-state index in [4.69, 9.17) is 0 Å². The molecule has 0 atom stereocenters. The fourth-order valence-corrected chi connectivity index (χ4v) is 2.88. The van der Waals surface area contributed by atoms with Crippen molar-refractivity contribution in [3.63, 3.8) is 0 Å². The third-order valence-electron chi connectivity index (χ3n) is 2.58. The predicted octanol–water partition coefficient (Wildman–Crippen LogP) is 2.77. The molecule has 0 radical (unpaired) electrons. The maximum atomic E-state index is 3.42. The Bertz CT molecular complexity index is 119.